The molecule has 5 fully saturated rings. The van der Waals surface area contributed by atoms with Gasteiger partial charge in [0.15, 0.2) is 45.7 Å². The SMILES string of the molecule is CC1(C)O[C@@H]2C[C@H]3[C@@H]4C[C@H](F)C5=CC(=O)C=C[C@]5(C)[C@@]4(F)[C@@H](O)C[C@]3(C)[C@]2(C(=O)CO)O1.Cn1nnc2c(C(N)=O)ncn2c1=O.O=C(CCCN1CCC(O)(c2ccc(Cl)cc2)CC1)c1ccc(F)cc1. The highest BCUT2D eigenvalue weighted by molar-refractivity contribution is 6.30. The van der Waals surface area contributed by atoms with E-state index in [0.717, 1.165) is 46.8 Å². The van der Waals surface area contributed by atoms with Gasteiger partial charge < -0.3 is 35.4 Å². The summed E-state index contributed by atoms with van der Waals surface area (Å²) in [5, 5.41) is 39.8. The second-order valence-electron chi connectivity index (χ2n) is 20.6. The molecule has 10 rings (SSSR count). The summed E-state index contributed by atoms with van der Waals surface area (Å²) < 4.78 is 59.9. The molecule has 0 spiro atoms. The van der Waals surface area contributed by atoms with E-state index >= 15 is 8.78 Å². The molecule has 21 heteroatoms. The van der Waals surface area contributed by atoms with Gasteiger partial charge in [0.1, 0.15) is 24.9 Å². The summed E-state index contributed by atoms with van der Waals surface area (Å²) >= 11 is 5.92. The van der Waals surface area contributed by atoms with Crippen LogP contribution in [0.15, 0.2) is 83.5 Å². The van der Waals surface area contributed by atoms with Crippen LogP contribution in [0.5, 0.6) is 0 Å². The van der Waals surface area contributed by atoms with Crippen molar-refractivity contribution in [1.29, 1.82) is 0 Å². The molecule has 5 N–H and O–H groups in total. The van der Waals surface area contributed by atoms with Crippen molar-refractivity contribution in [3.63, 3.8) is 0 Å². The van der Waals surface area contributed by atoms with Gasteiger partial charge in [-0.1, -0.05) is 41.9 Å². The van der Waals surface area contributed by atoms with E-state index in [-0.39, 0.29) is 47.8 Å². The number of ketones is 3. The van der Waals surface area contributed by atoms with Crippen molar-refractivity contribution in [2.75, 3.05) is 26.2 Å². The molecule has 17 nitrogen and oxygen atoms in total. The minimum Gasteiger partial charge on any atom is -0.390 e. The number of hydrogen-bond acceptors (Lipinski definition) is 14. The van der Waals surface area contributed by atoms with Crippen LogP contribution < -0.4 is 11.4 Å². The van der Waals surface area contributed by atoms with Crippen molar-refractivity contribution in [2.45, 2.75) is 114 Å². The Morgan fingerprint density at radius 2 is 1.65 bits per heavy atom. The first kappa shape index (κ1) is 52.8. The van der Waals surface area contributed by atoms with Crippen LogP contribution in [0.3, 0.4) is 0 Å². The Bertz CT molecular complexity index is 2890. The van der Waals surface area contributed by atoms with Gasteiger partial charge in [-0.05, 0) is 131 Å². The molecule has 2 saturated heterocycles. The summed E-state index contributed by atoms with van der Waals surface area (Å²) in [5.41, 5.74) is -1.04. The van der Waals surface area contributed by atoms with Gasteiger partial charge in [-0.3, -0.25) is 19.2 Å². The maximum Gasteiger partial charge on any atom is 0.352 e. The maximum absolute atomic E-state index is 17.1. The van der Waals surface area contributed by atoms with Gasteiger partial charge in [0.25, 0.3) is 5.91 Å². The van der Waals surface area contributed by atoms with Crippen LogP contribution in [0.4, 0.5) is 13.2 Å². The molecule has 72 heavy (non-hydrogen) atoms. The Morgan fingerprint density at radius 1 is 0.986 bits per heavy atom. The first-order valence-electron chi connectivity index (χ1n) is 23.9. The lowest BCUT2D eigenvalue weighted by Gasteiger charge is -2.63. The fourth-order valence-corrected chi connectivity index (χ4v) is 12.5. The quantitative estimate of drug-likeness (QED) is 0.166. The van der Waals surface area contributed by atoms with Crippen LogP contribution in [-0.4, -0.2) is 130 Å². The molecule has 0 unspecified atom stereocenters. The van der Waals surface area contributed by atoms with Crippen molar-refractivity contribution in [2.24, 2.45) is 35.4 Å². The average Bonchev–Trinajstić information content (AvgIpc) is 3.97. The number of aromatic nitrogens is 5. The molecule has 3 saturated carbocycles. The van der Waals surface area contributed by atoms with Crippen LogP contribution in [0, 0.1) is 28.5 Å². The van der Waals surface area contributed by atoms with Gasteiger partial charge in [0.2, 0.25) is 0 Å². The largest absolute Gasteiger partial charge is 0.390 e. The molecule has 4 aromatic rings. The van der Waals surface area contributed by atoms with Gasteiger partial charge in [-0.15, -0.1) is 5.10 Å². The molecule has 2 aromatic carbocycles. The van der Waals surface area contributed by atoms with E-state index in [2.05, 4.69) is 20.2 Å². The number of allylic oxidation sites excluding steroid dienone is 4. The highest BCUT2D eigenvalue weighted by Crippen LogP contribution is 2.72. The Kier molecular flexibility index (Phi) is 14.2. The molecule has 6 aliphatic rings. The maximum atomic E-state index is 17.1. The zero-order chi connectivity index (χ0) is 52.3. The van der Waals surface area contributed by atoms with Crippen LogP contribution in [-0.2, 0) is 31.7 Å². The third kappa shape index (κ3) is 8.95. The van der Waals surface area contributed by atoms with Gasteiger partial charge in [0, 0.05) is 53.9 Å². The van der Waals surface area contributed by atoms with E-state index in [0.29, 0.717) is 29.8 Å². The Hall–Kier alpha value is -5.48. The Labute approximate surface area is 417 Å². The van der Waals surface area contributed by atoms with Crippen LogP contribution in [0.1, 0.15) is 99.1 Å². The first-order chi connectivity index (χ1) is 33.8. The second-order valence-corrected chi connectivity index (χ2v) is 21.0. The summed E-state index contributed by atoms with van der Waals surface area (Å²) in [6.07, 6.45) is 3.58. The van der Waals surface area contributed by atoms with E-state index in [1.54, 1.807) is 20.8 Å². The molecule has 4 heterocycles. The molecule has 0 radical (unpaired) electrons. The number of piperidine rings is 1. The number of alkyl halides is 2. The number of carbonyl (C=O) groups excluding carboxylic acids is 4. The van der Waals surface area contributed by atoms with Crippen molar-refractivity contribution >= 4 is 40.5 Å². The summed E-state index contributed by atoms with van der Waals surface area (Å²) in [7, 11) is 1.44. The van der Waals surface area contributed by atoms with Crippen molar-refractivity contribution in [1.82, 2.24) is 29.3 Å². The minimum absolute atomic E-state index is 0.0414. The fourth-order valence-electron chi connectivity index (χ4n) is 12.4. The lowest BCUT2D eigenvalue weighted by Crippen LogP contribution is -2.71. The van der Waals surface area contributed by atoms with Crippen LogP contribution in [0.25, 0.3) is 5.65 Å². The van der Waals surface area contributed by atoms with E-state index in [1.165, 1.54) is 56.7 Å². The molecule has 0 bridgehead atoms. The predicted molar refractivity (Wildman–Crippen MR) is 254 cm³/mol. The van der Waals surface area contributed by atoms with E-state index in [1.807, 2.05) is 24.3 Å². The van der Waals surface area contributed by atoms with Gasteiger partial charge >= 0.3 is 5.69 Å². The monoisotopic (exact) mass is 1020 g/mol. The normalized spacial score (nSPS) is 31.9. The summed E-state index contributed by atoms with van der Waals surface area (Å²) in [6, 6.07) is 13.1. The molecular weight excluding hydrogens is 963 g/mol. The summed E-state index contributed by atoms with van der Waals surface area (Å²) in [4.78, 5) is 65.4. The number of aliphatic hydroxyl groups is 3. The van der Waals surface area contributed by atoms with Crippen LogP contribution in [0.2, 0.25) is 5.02 Å². The van der Waals surface area contributed by atoms with E-state index < -0.39 is 93.5 Å². The number of fused-ring (bicyclic) bond motifs is 8. The Morgan fingerprint density at radius 3 is 2.29 bits per heavy atom. The smallest absolute Gasteiger partial charge is 0.352 e. The van der Waals surface area contributed by atoms with Crippen molar-refractivity contribution < 1.29 is 57.1 Å². The number of likely N-dealkylation sites (tertiary alicyclic amines) is 1. The Balaban J connectivity index is 0.000000155. The fraction of sp³-hybridized carbons (Fsp3) is 0.529. The number of Topliss-reactive ketones (excluding diaryl/α,β-unsaturated/α-hetero) is 2. The number of rotatable bonds is 9. The lowest BCUT2D eigenvalue weighted by molar-refractivity contribution is -0.248. The number of aliphatic hydroxyl groups excluding tert-OH is 2. The van der Waals surface area contributed by atoms with Gasteiger partial charge in [-0.25, -0.2) is 27.4 Å². The number of imidazole rings is 1. The highest BCUT2D eigenvalue weighted by Gasteiger charge is 2.80. The lowest BCUT2D eigenvalue weighted by atomic mass is 9.44. The van der Waals surface area contributed by atoms with E-state index in [4.69, 9.17) is 26.8 Å². The number of aryl methyl sites for hydroxylation is 1. The number of halogens is 4. The molecule has 9 atom stereocenters. The highest BCUT2D eigenvalue weighted by atomic mass is 35.5. The number of carbonyl (C=O) groups is 4. The molecule has 4 aliphatic carbocycles. The minimum atomic E-state index is -2.24. The first-order valence-corrected chi connectivity index (χ1v) is 24.3. The number of hydrogen-bond donors (Lipinski definition) is 4. The number of primary amides is 1. The zero-order valence-electron chi connectivity index (χ0n) is 40.6. The number of amides is 1. The third-order valence-corrected chi connectivity index (χ3v) is 16.3. The molecule has 2 aromatic heterocycles. The summed E-state index contributed by atoms with van der Waals surface area (Å²) in [5.74, 6) is -4.56. The third-order valence-electron chi connectivity index (χ3n) is 16.0. The number of nitrogens with two attached hydrogens (primary N) is 1. The summed E-state index contributed by atoms with van der Waals surface area (Å²) in [6.45, 7) is 8.29. The topological polar surface area (TPSA) is 242 Å². The standard InChI is InChI=1S/C24H30F2O6.C21H23ClFNO2.C6H6N6O2/c1-20(2)31-19-9-13-14-8-16(25)15-7-12(28)5-6-21(15,3)23(14,26)17(29)10-22(13,4)24(19,32-20)18(30)11-27;22-18-7-5-17(6-8-18)21(26)11-14-24(15-12-21)13-1-2-20(25)16-3-9-19(23)10-4-16;1-11-6(14)12-2-8-3(4(7)13)5(12)9-10-11/h5-7,13-14,16-17,19,27,29H,8-11H2,1-4H3;3-10,26H,1-2,11-15H2;2H,1H3,(H2,7,13)/t13-,14-,16-,17-,19+,21-,22-,23-,24+;;/m0../s1. The van der Waals surface area contributed by atoms with Gasteiger partial charge in [0.05, 0.1) is 17.8 Å². The average molecular weight is 1020 g/mol. The van der Waals surface area contributed by atoms with Crippen molar-refractivity contribution in [3.05, 3.63) is 117 Å². The molecule has 2 aliphatic heterocycles. The van der Waals surface area contributed by atoms with Gasteiger partial charge in [-0.2, -0.15) is 4.68 Å². The molecular formula is C51H59ClF3N7O10. The second kappa shape index (κ2) is 19.4. The number of benzene rings is 2. The number of nitrogens with zero attached hydrogens (tertiary/aromatic N) is 6. The molecule has 386 valence electrons. The van der Waals surface area contributed by atoms with Crippen LogP contribution >= 0.6 is 11.6 Å². The van der Waals surface area contributed by atoms with E-state index in [9.17, 15) is 43.7 Å². The van der Waals surface area contributed by atoms with Crippen molar-refractivity contribution in [3.8, 4) is 0 Å². The molecule has 1 amide bonds. The predicted octanol–water partition coefficient (Wildman–Crippen LogP) is 4.71. The number of ether oxygens (including phenoxy) is 2. The zero-order valence-corrected chi connectivity index (χ0v) is 41.3.